The number of carbonyl (C=O) groups is 1. The van der Waals surface area contributed by atoms with Crippen LogP contribution in [0.4, 0.5) is 0 Å². The van der Waals surface area contributed by atoms with E-state index in [0.29, 0.717) is 24.0 Å². The fourth-order valence-corrected chi connectivity index (χ4v) is 3.47. The molecule has 0 saturated heterocycles. The summed E-state index contributed by atoms with van der Waals surface area (Å²) in [5.41, 5.74) is 1.15. The second-order valence-electron chi connectivity index (χ2n) is 5.09. The first-order valence-electron chi connectivity index (χ1n) is 6.28. The highest BCUT2D eigenvalue weighted by atomic mass is 32.7. The van der Waals surface area contributed by atoms with Gasteiger partial charge >= 0.3 is 0 Å². The molecule has 96 valence electrons. The summed E-state index contributed by atoms with van der Waals surface area (Å²) >= 11 is 1.61. The summed E-state index contributed by atoms with van der Waals surface area (Å²) in [5.74, 6) is 1.50. The van der Waals surface area contributed by atoms with Crippen LogP contribution in [-0.4, -0.2) is 11.0 Å². The van der Waals surface area contributed by atoms with Crippen molar-refractivity contribution in [1.29, 1.82) is 0 Å². The zero-order valence-electron chi connectivity index (χ0n) is 10.8. The Bertz CT molecular complexity index is 309. The molecule has 0 amide bonds. The molecule has 0 aromatic heterocycles. The van der Waals surface area contributed by atoms with E-state index in [4.69, 9.17) is 0 Å². The molecule has 0 heterocycles. The Morgan fingerprint density at radius 2 is 2.12 bits per heavy atom. The average Bonchev–Trinajstić information content (AvgIpc) is 2.28. The SMILES string of the molecule is C=C1/C=C/C(C(C)C)CCC(=O)C(SP)CC1. The Balaban J connectivity index is 2.77. The molecule has 1 rings (SSSR count). The first-order valence-corrected chi connectivity index (χ1v) is 8.64. The van der Waals surface area contributed by atoms with Gasteiger partial charge < -0.3 is 0 Å². The molecule has 0 spiro atoms. The summed E-state index contributed by atoms with van der Waals surface area (Å²) in [7, 11) is 2.63. The Hall–Kier alpha value is -0.0700. The molecular weight excluding hydrogens is 247 g/mol. The quantitative estimate of drug-likeness (QED) is 0.691. The van der Waals surface area contributed by atoms with Gasteiger partial charge in [0.1, 0.15) is 5.78 Å². The largest absolute Gasteiger partial charge is 0.298 e. The molecule has 3 heteroatoms. The van der Waals surface area contributed by atoms with Gasteiger partial charge in [-0.1, -0.05) is 46.6 Å². The Morgan fingerprint density at radius 1 is 1.41 bits per heavy atom. The van der Waals surface area contributed by atoms with Gasteiger partial charge in [0, 0.05) is 6.42 Å². The molecule has 0 saturated carbocycles. The van der Waals surface area contributed by atoms with E-state index in [1.54, 1.807) is 11.4 Å². The Labute approximate surface area is 111 Å². The van der Waals surface area contributed by atoms with Crippen LogP contribution in [0.15, 0.2) is 24.3 Å². The summed E-state index contributed by atoms with van der Waals surface area (Å²) in [6, 6.07) is 0. The smallest absolute Gasteiger partial charge is 0.146 e. The lowest BCUT2D eigenvalue weighted by Gasteiger charge is -2.20. The van der Waals surface area contributed by atoms with Crippen molar-refractivity contribution in [3.8, 4) is 0 Å². The van der Waals surface area contributed by atoms with E-state index >= 15 is 0 Å². The van der Waals surface area contributed by atoms with Gasteiger partial charge in [-0.25, -0.2) is 0 Å². The maximum Gasteiger partial charge on any atom is 0.146 e. The van der Waals surface area contributed by atoms with Gasteiger partial charge in [-0.3, -0.25) is 4.79 Å². The molecule has 17 heavy (non-hydrogen) atoms. The minimum Gasteiger partial charge on any atom is -0.298 e. The fraction of sp³-hybridized carbons (Fsp3) is 0.643. The molecular formula is C14H23OPS. The van der Waals surface area contributed by atoms with Gasteiger partial charge in [0.15, 0.2) is 0 Å². The lowest BCUT2D eigenvalue weighted by Crippen LogP contribution is -2.19. The predicted octanol–water partition coefficient (Wildman–Crippen LogP) is 4.41. The molecule has 1 aliphatic carbocycles. The van der Waals surface area contributed by atoms with E-state index < -0.39 is 0 Å². The third kappa shape index (κ3) is 4.97. The van der Waals surface area contributed by atoms with Crippen LogP contribution >= 0.6 is 19.8 Å². The number of rotatable bonds is 2. The summed E-state index contributed by atoms with van der Waals surface area (Å²) in [5, 5.41) is 0.135. The van der Waals surface area contributed by atoms with E-state index in [2.05, 4.69) is 41.0 Å². The molecule has 3 unspecified atom stereocenters. The number of allylic oxidation sites excluding steroid dienone is 3. The summed E-state index contributed by atoms with van der Waals surface area (Å²) in [6.45, 7) is 8.50. The van der Waals surface area contributed by atoms with Gasteiger partial charge in [-0.15, -0.1) is 11.4 Å². The van der Waals surface area contributed by atoms with E-state index in [1.165, 1.54) is 0 Å². The van der Waals surface area contributed by atoms with E-state index in [9.17, 15) is 4.79 Å². The number of carbonyl (C=O) groups excluding carboxylic acids is 1. The Kier molecular flexibility index (Phi) is 6.51. The Morgan fingerprint density at radius 3 is 2.71 bits per heavy atom. The lowest BCUT2D eigenvalue weighted by molar-refractivity contribution is -0.118. The summed E-state index contributed by atoms with van der Waals surface area (Å²) in [4.78, 5) is 12.1. The van der Waals surface area contributed by atoms with Crippen molar-refractivity contribution in [2.75, 3.05) is 0 Å². The topological polar surface area (TPSA) is 17.1 Å². The molecule has 3 atom stereocenters. The molecule has 1 nitrogen and oxygen atoms in total. The standard InChI is InChI=1S/C14H23OPS/c1-10(2)12-6-4-11(3)5-9-14(17-16)13(15)8-7-12/h4,6,10,12,14H,3,5,7-9,16H2,1-2H3/b6-4+. The maximum absolute atomic E-state index is 12.1. The van der Waals surface area contributed by atoms with Crippen LogP contribution in [0.3, 0.4) is 0 Å². The minimum atomic E-state index is 0.135. The normalized spacial score (nSPS) is 29.4. The fourth-order valence-electron chi connectivity index (χ4n) is 2.09. The first kappa shape index (κ1) is 15.0. The minimum absolute atomic E-state index is 0.135. The van der Waals surface area contributed by atoms with Crippen molar-refractivity contribution in [2.45, 2.75) is 44.8 Å². The number of hydrogen-bond acceptors (Lipinski definition) is 2. The molecule has 0 N–H and O–H groups in total. The van der Waals surface area contributed by atoms with Crippen molar-refractivity contribution < 1.29 is 4.79 Å². The highest BCUT2D eigenvalue weighted by Gasteiger charge is 2.20. The molecule has 0 aromatic carbocycles. The van der Waals surface area contributed by atoms with Crippen LogP contribution in [0.1, 0.15) is 39.5 Å². The first-order chi connectivity index (χ1) is 8.04. The van der Waals surface area contributed by atoms with E-state index in [-0.39, 0.29) is 5.25 Å². The number of hydrogen-bond donors (Lipinski definition) is 0. The van der Waals surface area contributed by atoms with Crippen LogP contribution in [0.25, 0.3) is 0 Å². The summed E-state index contributed by atoms with van der Waals surface area (Å²) < 4.78 is 0. The monoisotopic (exact) mass is 270 g/mol. The van der Waals surface area contributed by atoms with Crippen molar-refractivity contribution in [1.82, 2.24) is 0 Å². The number of Topliss-reactive ketones (excluding diaryl/α,β-unsaturated/α-hetero) is 1. The zero-order chi connectivity index (χ0) is 12.8. The van der Waals surface area contributed by atoms with Gasteiger partial charge in [-0.05, 0) is 31.1 Å². The predicted molar refractivity (Wildman–Crippen MR) is 81.2 cm³/mol. The van der Waals surface area contributed by atoms with E-state index in [1.807, 2.05) is 0 Å². The van der Waals surface area contributed by atoms with Gasteiger partial charge in [0.05, 0.1) is 5.25 Å². The molecule has 0 fully saturated rings. The van der Waals surface area contributed by atoms with Crippen LogP contribution in [-0.2, 0) is 4.79 Å². The second kappa shape index (κ2) is 7.38. The molecule has 0 bridgehead atoms. The molecule has 1 aliphatic rings. The van der Waals surface area contributed by atoms with Crippen molar-refractivity contribution in [3.63, 3.8) is 0 Å². The number of ketones is 1. The highest BCUT2D eigenvalue weighted by Crippen LogP contribution is 2.29. The molecule has 0 radical (unpaired) electrons. The average molecular weight is 270 g/mol. The van der Waals surface area contributed by atoms with Gasteiger partial charge in [-0.2, -0.15) is 0 Å². The lowest BCUT2D eigenvalue weighted by atomic mass is 9.87. The van der Waals surface area contributed by atoms with Crippen LogP contribution in [0.2, 0.25) is 0 Å². The van der Waals surface area contributed by atoms with Crippen molar-refractivity contribution in [3.05, 3.63) is 24.3 Å². The molecule has 0 aromatic rings. The third-order valence-electron chi connectivity index (χ3n) is 3.41. The van der Waals surface area contributed by atoms with Crippen molar-refractivity contribution >= 4 is 25.6 Å². The van der Waals surface area contributed by atoms with Crippen molar-refractivity contribution in [2.24, 2.45) is 11.8 Å². The van der Waals surface area contributed by atoms with Gasteiger partial charge in [0.25, 0.3) is 0 Å². The third-order valence-corrected chi connectivity index (χ3v) is 5.22. The zero-order valence-corrected chi connectivity index (χ0v) is 12.8. The summed E-state index contributed by atoms with van der Waals surface area (Å²) in [6.07, 6.45) is 7.94. The maximum atomic E-state index is 12.1. The van der Waals surface area contributed by atoms with E-state index in [0.717, 1.165) is 24.8 Å². The van der Waals surface area contributed by atoms with Crippen LogP contribution in [0, 0.1) is 11.8 Å². The van der Waals surface area contributed by atoms with Crippen LogP contribution in [0.5, 0.6) is 0 Å². The molecule has 0 aliphatic heterocycles. The van der Waals surface area contributed by atoms with Crippen LogP contribution < -0.4 is 0 Å². The highest BCUT2D eigenvalue weighted by molar-refractivity contribution is 8.44. The van der Waals surface area contributed by atoms with Gasteiger partial charge in [0.2, 0.25) is 0 Å². The second-order valence-corrected chi connectivity index (χ2v) is 6.75.